The van der Waals surface area contributed by atoms with Crippen molar-refractivity contribution in [2.45, 2.75) is 42.4 Å². The van der Waals surface area contributed by atoms with Crippen LogP contribution in [0.2, 0.25) is 5.15 Å². The van der Waals surface area contributed by atoms with E-state index in [2.05, 4.69) is 24.7 Å². The lowest BCUT2D eigenvalue weighted by molar-refractivity contribution is 0.590. The molecule has 0 aromatic carbocycles. The minimum absolute atomic E-state index is 0.172. The number of nitrogen functional groups attached to an aromatic ring is 1. The lowest BCUT2D eigenvalue weighted by Crippen LogP contribution is -2.02. The maximum absolute atomic E-state index is 5.87. The fourth-order valence-corrected chi connectivity index (χ4v) is 3.23. The first kappa shape index (κ1) is 12.7. The third-order valence-corrected chi connectivity index (χ3v) is 4.06. The number of nitrogens with two attached hydrogens (primary N) is 1. The Bertz CT molecular complexity index is 579. The maximum atomic E-state index is 5.87. The molecule has 3 rings (SSSR count). The predicted octanol–water partition coefficient (Wildman–Crippen LogP) is 2.18. The van der Waals surface area contributed by atoms with Crippen molar-refractivity contribution in [1.29, 1.82) is 0 Å². The molecule has 19 heavy (non-hydrogen) atoms. The Morgan fingerprint density at radius 2 is 2.11 bits per heavy atom. The first-order valence-corrected chi connectivity index (χ1v) is 7.32. The number of hydrogen-bond acceptors (Lipinski definition) is 6. The molecule has 0 unspecified atom stereocenters. The molecule has 0 aliphatic carbocycles. The topological polar surface area (TPSA) is 82.5 Å². The van der Waals surface area contributed by atoms with Gasteiger partial charge in [0.2, 0.25) is 5.95 Å². The van der Waals surface area contributed by atoms with Crippen molar-refractivity contribution >= 4 is 29.3 Å². The number of rotatable bonds is 2. The number of hydrogen-bond donors (Lipinski definition) is 1. The van der Waals surface area contributed by atoms with E-state index in [0.717, 1.165) is 30.4 Å². The second-order valence-electron chi connectivity index (χ2n) is 4.35. The molecule has 2 N–H and O–H groups in total. The van der Waals surface area contributed by atoms with Gasteiger partial charge in [0.25, 0.3) is 0 Å². The zero-order valence-electron chi connectivity index (χ0n) is 10.2. The number of aromatic nitrogens is 5. The Labute approximate surface area is 119 Å². The van der Waals surface area contributed by atoms with E-state index in [9.17, 15) is 0 Å². The van der Waals surface area contributed by atoms with Crippen molar-refractivity contribution in [2.24, 2.45) is 0 Å². The van der Waals surface area contributed by atoms with Crippen LogP contribution in [0.25, 0.3) is 0 Å². The van der Waals surface area contributed by atoms with Gasteiger partial charge in [0, 0.05) is 19.0 Å². The summed E-state index contributed by atoms with van der Waals surface area (Å²) in [5, 5.41) is 10.3. The number of aryl methyl sites for hydroxylation is 1. The first-order valence-electron chi connectivity index (χ1n) is 6.12. The van der Waals surface area contributed by atoms with Gasteiger partial charge in [0.1, 0.15) is 16.0 Å². The summed E-state index contributed by atoms with van der Waals surface area (Å²) in [4.78, 5) is 7.99. The quantitative estimate of drug-likeness (QED) is 0.855. The highest BCUT2D eigenvalue weighted by atomic mass is 35.5. The minimum Gasteiger partial charge on any atom is -0.368 e. The number of fused-ring (bicyclic) bond motifs is 1. The van der Waals surface area contributed by atoms with Gasteiger partial charge in [0.15, 0.2) is 5.16 Å². The van der Waals surface area contributed by atoms with Crippen LogP contribution in [0.4, 0.5) is 5.95 Å². The number of halogens is 1. The van der Waals surface area contributed by atoms with Gasteiger partial charge in [-0.2, -0.15) is 0 Å². The summed E-state index contributed by atoms with van der Waals surface area (Å²) in [6.07, 6.45) is 4.56. The lowest BCUT2D eigenvalue weighted by atomic mass is 10.2. The monoisotopic (exact) mass is 296 g/mol. The SMILES string of the molecule is Nc1nc(Cl)cc(Sc2nnc3n2CCCCC3)n1. The Morgan fingerprint density at radius 3 is 2.95 bits per heavy atom. The van der Waals surface area contributed by atoms with Crippen LogP contribution >= 0.6 is 23.4 Å². The number of nitrogens with zero attached hydrogens (tertiary/aromatic N) is 5. The van der Waals surface area contributed by atoms with E-state index >= 15 is 0 Å². The molecule has 2 aromatic heterocycles. The van der Waals surface area contributed by atoms with Gasteiger partial charge in [-0.25, -0.2) is 9.97 Å². The van der Waals surface area contributed by atoms with Crippen LogP contribution in [0.5, 0.6) is 0 Å². The highest BCUT2D eigenvalue weighted by molar-refractivity contribution is 7.99. The summed E-state index contributed by atoms with van der Waals surface area (Å²) < 4.78 is 2.16. The molecule has 3 heterocycles. The van der Waals surface area contributed by atoms with Gasteiger partial charge in [-0.05, 0) is 24.6 Å². The Hall–Kier alpha value is -1.34. The molecule has 0 saturated carbocycles. The summed E-state index contributed by atoms with van der Waals surface area (Å²) in [7, 11) is 0. The van der Waals surface area contributed by atoms with E-state index in [0.29, 0.717) is 10.2 Å². The van der Waals surface area contributed by atoms with Crippen LogP contribution < -0.4 is 5.73 Å². The van der Waals surface area contributed by atoms with Crippen LogP contribution in [0.15, 0.2) is 16.2 Å². The van der Waals surface area contributed by atoms with Crippen LogP contribution in [0.3, 0.4) is 0 Å². The molecule has 100 valence electrons. The smallest absolute Gasteiger partial charge is 0.222 e. The van der Waals surface area contributed by atoms with Crippen molar-refractivity contribution in [3.63, 3.8) is 0 Å². The molecule has 1 aliphatic rings. The number of anilines is 1. The Morgan fingerprint density at radius 1 is 1.21 bits per heavy atom. The zero-order chi connectivity index (χ0) is 13.2. The molecule has 2 aromatic rings. The van der Waals surface area contributed by atoms with E-state index in [1.165, 1.54) is 24.6 Å². The molecular weight excluding hydrogens is 284 g/mol. The average Bonchev–Trinajstić information content (AvgIpc) is 2.59. The fourth-order valence-electron chi connectivity index (χ4n) is 2.09. The van der Waals surface area contributed by atoms with Crippen molar-refractivity contribution in [3.05, 3.63) is 17.0 Å². The van der Waals surface area contributed by atoms with Gasteiger partial charge in [-0.1, -0.05) is 18.0 Å². The van der Waals surface area contributed by atoms with Gasteiger partial charge in [-0.3, -0.25) is 0 Å². The van der Waals surface area contributed by atoms with Gasteiger partial charge in [-0.15, -0.1) is 10.2 Å². The largest absolute Gasteiger partial charge is 0.368 e. The third-order valence-electron chi connectivity index (χ3n) is 2.96. The molecule has 0 fully saturated rings. The highest BCUT2D eigenvalue weighted by Crippen LogP contribution is 2.28. The molecule has 0 spiro atoms. The second-order valence-corrected chi connectivity index (χ2v) is 5.73. The summed E-state index contributed by atoms with van der Waals surface area (Å²) in [5.74, 6) is 1.22. The van der Waals surface area contributed by atoms with Crippen molar-refractivity contribution in [3.8, 4) is 0 Å². The predicted molar refractivity (Wildman–Crippen MR) is 73.2 cm³/mol. The standard InChI is InChI=1S/C11H13ClN6S/c12-7-6-9(15-10(13)14-7)19-11-17-16-8-4-2-1-3-5-18(8)11/h6H,1-5H2,(H2,13,14,15). The molecule has 0 saturated heterocycles. The summed E-state index contributed by atoms with van der Waals surface area (Å²) in [6, 6.07) is 1.68. The van der Waals surface area contributed by atoms with Crippen molar-refractivity contribution in [1.82, 2.24) is 24.7 Å². The van der Waals surface area contributed by atoms with Crippen LogP contribution in [0, 0.1) is 0 Å². The molecule has 0 amide bonds. The Kier molecular flexibility index (Phi) is 3.56. The van der Waals surface area contributed by atoms with Gasteiger partial charge >= 0.3 is 0 Å². The lowest BCUT2D eigenvalue weighted by Gasteiger charge is -2.06. The summed E-state index contributed by atoms with van der Waals surface area (Å²) in [6.45, 7) is 0.957. The zero-order valence-corrected chi connectivity index (χ0v) is 11.8. The van der Waals surface area contributed by atoms with Crippen LogP contribution in [-0.2, 0) is 13.0 Å². The summed E-state index contributed by atoms with van der Waals surface area (Å²) in [5.41, 5.74) is 5.59. The van der Waals surface area contributed by atoms with Crippen molar-refractivity contribution < 1.29 is 0 Å². The average molecular weight is 297 g/mol. The third kappa shape index (κ3) is 2.82. The normalized spacial score (nSPS) is 15.0. The van der Waals surface area contributed by atoms with Gasteiger partial charge in [0.05, 0.1) is 0 Å². The molecule has 0 radical (unpaired) electrons. The first-order chi connectivity index (χ1) is 9.22. The van der Waals surface area contributed by atoms with E-state index in [4.69, 9.17) is 17.3 Å². The van der Waals surface area contributed by atoms with E-state index in [1.807, 2.05) is 0 Å². The molecule has 0 bridgehead atoms. The highest BCUT2D eigenvalue weighted by Gasteiger charge is 2.16. The molecule has 8 heteroatoms. The Balaban J connectivity index is 1.89. The summed E-state index contributed by atoms with van der Waals surface area (Å²) >= 11 is 7.29. The van der Waals surface area contributed by atoms with Crippen molar-refractivity contribution in [2.75, 3.05) is 5.73 Å². The van der Waals surface area contributed by atoms with Crippen LogP contribution in [-0.4, -0.2) is 24.7 Å². The minimum atomic E-state index is 0.172. The van der Waals surface area contributed by atoms with E-state index < -0.39 is 0 Å². The maximum Gasteiger partial charge on any atom is 0.222 e. The van der Waals surface area contributed by atoms with E-state index in [1.54, 1.807) is 6.07 Å². The fraction of sp³-hybridized carbons (Fsp3) is 0.455. The molecule has 6 nitrogen and oxygen atoms in total. The molecule has 1 aliphatic heterocycles. The van der Waals surface area contributed by atoms with Crippen LogP contribution in [0.1, 0.15) is 25.1 Å². The molecular formula is C11H13ClN6S. The molecule has 0 atom stereocenters. The van der Waals surface area contributed by atoms with E-state index in [-0.39, 0.29) is 5.95 Å². The second kappa shape index (κ2) is 5.34. The van der Waals surface area contributed by atoms with Gasteiger partial charge < -0.3 is 10.3 Å².